The van der Waals surface area contributed by atoms with Crippen LogP contribution < -0.4 is 5.32 Å². The van der Waals surface area contributed by atoms with E-state index in [4.69, 9.17) is 4.74 Å². The molecule has 0 amide bonds. The molecule has 6 nitrogen and oxygen atoms in total. The summed E-state index contributed by atoms with van der Waals surface area (Å²) in [7, 11) is 1.90. The molecule has 1 aliphatic heterocycles. The largest absolute Gasteiger partial charge is 0.381 e. The van der Waals surface area contributed by atoms with E-state index in [0.29, 0.717) is 5.92 Å². The molecule has 0 radical (unpaired) electrons. The van der Waals surface area contributed by atoms with Crippen LogP contribution in [0.2, 0.25) is 0 Å². The Morgan fingerprint density at radius 3 is 3.00 bits per heavy atom. The Balaban J connectivity index is 1.93. The van der Waals surface area contributed by atoms with Crippen molar-refractivity contribution >= 4 is 0 Å². The molecule has 0 spiro atoms. The molecule has 1 N–H and O–H groups in total. The van der Waals surface area contributed by atoms with Crippen LogP contribution >= 0.6 is 0 Å². The van der Waals surface area contributed by atoms with Gasteiger partial charge in [-0.2, -0.15) is 0 Å². The Morgan fingerprint density at radius 1 is 1.47 bits per heavy atom. The van der Waals surface area contributed by atoms with Crippen LogP contribution in [0.15, 0.2) is 0 Å². The van der Waals surface area contributed by atoms with Crippen molar-refractivity contribution in [3.05, 3.63) is 5.82 Å². The minimum Gasteiger partial charge on any atom is -0.381 e. The molecule has 0 aliphatic carbocycles. The molecule has 2 heterocycles. The van der Waals surface area contributed by atoms with E-state index < -0.39 is 0 Å². The van der Waals surface area contributed by atoms with Gasteiger partial charge >= 0.3 is 0 Å². The van der Waals surface area contributed by atoms with Crippen LogP contribution in [0, 0.1) is 5.92 Å². The molecule has 1 fully saturated rings. The maximum Gasteiger partial charge on any atom is 0.165 e. The predicted molar refractivity (Wildman–Crippen MR) is 54.1 cm³/mol. The summed E-state index contributed by atoms with van der Waals surface area (Å²) in [6.45, 7) is 3.37. The first kappa shape index (κ1) is 10.5. The summed E-state index contributed by atoms with van der Waals surface area (Å²) in [4.78, 5) is 0. The summed E-state index contributed by atoms with van der Waals surface area (Å²) in [6.07, 6.45) is 2.22. The van der Waals surface area contributed by atoms with E-state index in [1.165, 1.54) is 0 Å². The zero-order chi connectivity index (χ0) is 10.5. The number of hydrogen-bond acceptors (Lipinski definition) is 5. The van der Waals surface area contributed by atoms with Crippen LogP contribution in [-0.2, 0) is 17.8 Å². The van der Waals surface area contributed by atoms with Crippen molar-refractivity contribution in [3.8, 4) is 0 Å². The Labute approximate surface area is 89.0 Å². The van der Waals surface area contributed by atoms with E-state index in [9.17, 15) is 0 Å². The van der Waals surface area contributed by atoms with Gasteiger partial charge in [-0.1, -0.05) is 0 Å². The first-order valence-electron chi connectivity index (χ1n) is 5.37. The van der Waals surface area contributed by atoms with Gasteiger partial charge in [-0.25, -0.2) is 4.68 Å². The fourth-order valence-electron chi connectivity index (χ4n) is 1.82. The lowest BCUT2D eigenvalue weighted by molar-refractivity contribution is 0.0596. The Hall–Kier alpha value is -1.01. The highest BCUT2D eigenvalue weighted by Crippen LogP contribution is 2.16. The van der Waals surface area contributed by atoms with Gasteiger partial charge in [0.2, 0.25) is 0 Å². The zero-order valence-corrected chi connectivity index (χ0v) is 9.02. The third-order valence-corrected chi connectivity index (χ3v) is 2.71. The van der Waals surface area contributed by atoms with Crippen molar-refractivity contribution in [2.75, 3.05) is 20.3 Å². The Morgan fingerprint density at radius 2 is 2.27 bits per heavy atom. The summed E-state index contributed by atoms with van der Waals surface area (Å²) in [5.74, 6) is 1.56. The van der Waals surface area contributed by atoms with Gasteiger partial charge in [0.1, 0.15) is 0 Å². The van der Waals surface area contributed by atoms with Gasteiger partial charge in [0.25, 0.3) is 0 Å². The molecule has 6 heteroatoms. The third-order valence-electron chi connectivity index (χ3n) is 2.71. The lowest BCUT2D eigenvalue weighted by atomic mass is 10.0. The van der Waals surface area contributed by atoms with Gasteiger partial charge in [0.15, 0.2) is 5.82 Å². The van der Waals surface area contributed by atoms with Gasteiger partial charge in [-0.05, 0) is 36.2 Å². The minimum absolute atomic E-state index is 0.651. The molecule has 0 atom stereocenters. The van der Waals surface area contributed by atoms with E-state index >= 15 is 0 Å². The number of rotatable bonds is 4. The second-order valence-corrected chi connectivity index (χ2v) is 3.86. The van der Waals surface area contributed by atoms with Gasteiger partial charge in [-0.15, -0.1) is 5.10 Å². The van der Waals surface area contributed by atoms with Crippen molar-refractivity contribution in [1.29, 1.82) is 0 Å². The first-order valence-corrected chi connectivity index (χ1v) is 5.37. The number of hydrogen-bond donors (Lipinski definition) is 1. The van der Waals surface area contributed by atoms with Crippen LogP contribution in [0.4, 0.5) is 0 Å². The molecular weight excluding hydrogens is 194 g/mol. The molecule has 0 saturated carbocycles. The number of nitrogens with one attached hydrogen (secondary N) is 1. The van der Waals surface area contributed by atoms with E-state index in [0.717, 1.165) is 45.0 Å². The number of ether oxygens (including phenoxy) is 1. The maximum absolute atomic E-state index is 5.32. The first-order chi connectivity index (χ1) is 7.40. The van der Waals surface area contributed by atoms with Crippen LogP contribution in [0.1, 0.15) is 18.7 Å². The Bertz CT molecular complexity index is 294. The van der Waals surface area contributed by atoms with Crippen LogP contribution in [0.5, 0.6) is 0 Å². The summed E-state index contributed by atoms with van der Waals surface area (Å²) < 4.78 is 7.22. The second kappa shape index (κ2) is 5.18. The van der Waals surface area contributed by atoms with Gasteiger partial charge in [0, 0.05) is 19.8 Å². The topological polar surface area (TPSA) is 64.9 Å². The second-order valence-electron chi connectivity index (χ2n) is 3.86. The summed E-state index contributed by atoms with van der Waals surface area (Å²) in [5, 5.41) is 14.7. The molecular formula is C9H17N5O. The van der Waals surface area contributed by atoms with Crippen molar-refractivity contribution in [2.24, 2.45) is 5.92 Å². The SMILES string of the molecule is CNCc1nnnn1CC1CCOCC1. The van der Waals surface area contributed by atoms with Crippen molar-refractivity contribution in [2.45, 2.75) is 25.9 Å². The summed E-state index contributed by atoms with van der Waals surface area (Å²) in [5.41, 5.74) is 0. The average Bonchev–Trinajstić information content (AvgIpc) is 2.68. The van der Waals surface area contributed by atoms with E-state index in [-0.39, 0.29) is 0 Å². The lowest BCUT2D eigenvalue weighted by Crippen LogP contribution is -2.23. The van der Waals surface area contributed by atoms with Gasteiger partial charge in [-0.3, -0.25) is 0 Å². The predicted octanol–water partition coefficient (Wildman–Crippen LogP) is -0.181. The minimum atomic E-state index is 0.651. The maximum atomic E-state index is 5.32. The fraction of sp³-hybridized carbons (Fsp3) is 0.889. The summed E-state index contributed by atoms with van der Waals surface area (Å²) >= 11 is 0. The highest BCUT2D eigenvalue weighted by molar-refractivity contribution is 4.80. The van der Waals surface area contributed by atoms with Crippen molar-refractivity contribution < 1.29 is 4.74 Å². The van der Waals surface area contributed by atoms with Gasteiger partial charge in [0.05, 0.1) is 6.54 Å². The molecule has 15 heavy (non-hydrogen) atoms. The quantitative estimate of drug-likeness (QED) is 0.748. The Kier molecular flexibility index (Phi) is 3.63. The van der Waals surface area contributed by atoms with E-state index in [1.54, 1.807) is 0 Å². The molecule has 0 bridgehead atoms. The fourth-order valence-corrected chi connectivity index (χ4v) is 1.82. The monoisotopic (exact) mass is 211 g/mol. The van der Waals surface area contributed by atoms with Crippen LogP contribution in [0.3, 0.4) is 0 Å². The molecule has 0 aromatic carbocycles. The average molecular weight is 211 g/mol. The molecule has 1 aromatic heterocycles. The van der Waals surface area contributed by atoms with E-state index in [1.807, 2.05) is 11.7 Å². The standard InChI is InChI=1S/C9H17N5O/c1-10-6-9-11-12-13-14(9)7-8-2-4-15-5-3-8/h8,10H,2-7H2,1H3. The highest BCUT2D eigenvalue weighted by Gasteiger charge is 2.16. The molecule has 0 unspecified atom stereocenters. The van der Waals surface area contributed by atoms with Crippen LogP contribution in [0.25, 0.3) is 0 Å². The molecule has 2 rings (SSSR count). The number of tetrazole rings is 1. The van der Waals surface area contributed by atoms with Gasteiger partial charge < -0.3 is 10.1 Å². The zero-order valence-electron chi connectivity index (χ0n) is 9.02. The normalized spacial score (nSPS) is 18.2. The highest BCUT2D eigenvalue weighted by atomic mass is 16.5. The van der Waals surface area contributed by atoms with Crippen LogP contribution in [-0.4, -0.2) is 40.5 Å². The summed E-state index contributed by atoms with van der Waals surface area (Å²) in [6, 6.07) is 0. The van der Waals surface area contributed by atoms with Crippen molar-refractivity contribution in [3.63, 3.8) is 0 Å². The van der Waals surface area contributed by atoms with Crippen molar-refractivity contribution in [1.82, 2.24) is 25.5 Å². The molecule has 1 aliphatic rings. The number of aromatic nitrogens is 4. The lowest BCUT2D eigenvalue weighted by Gasteiger charge is -2.21. The molecule has 1 aromatic rings. The smallest absolute Gasteiger partial charge is 0.165 e. The molecule has 84 valence electrons. The number of nitrogens with zero attached hydrogens (tertiary/aromatic N) is 4. The third kappa shape index (κ3) is 2.73. The van der Waals surface area contributed by atoms with E-state index in [2.05, 4.69) is 20.8 Å². The molecule has 1 saturated heterocycles.